The van der Waals surface area contributed by atoms with Crippen LogP contribution in [0.2, 0.25) is 0 Å². The van der Waals surface area contributed by atoms with E-state index in [1.165, 1.54) is 6.33 Å². The Bertz CT molecular complexity index is 524. The van der Waals surface area contributed by atoms with Gasteiger partial charge in [-0.2, -0.15) is 5.10 Å². The third kappa shape index (κ3) is 2.62. The molecule has 0 bridgehead atoms. The molecule has 18 heavy (non-hydrogen) atoms. The van der Waals surface area contributed by atoms with E-state index in [0.717, 1.165) is 0 Å². The normalized spacial score (nSPS) is 11.9. The molecule has 2 rings (SSSR count). The maximum Gasteiger partial charge on any atom is 0.252 e. The summed E-state index contributed by atoms with van der Waals surface area (Å²) in [6.07, 6.45) is 2.99. The van der Waals surface area contributed by atoms with Crippen LogP contribution in [0.5, 0.6) is 0 Å². The number of anilines is 1. The molecule has 0 aliphatic heterocycles. The maximum absolute atomic E-state index is 12.0. The van der Waals surface area contributed by atoms with Gasteiger partial charge in [0.25, 0.3) is 5.91 Å². The monoisotopic (exact) mass is 246 g/mol. The summed E-state index contributed by atoms with van der Waals surface area (Å²) in [7, 11) is 1.75. The van der Waals surface area contributed by atoms with Crippen molar-refractivity contribution in [1.82, 2.24) is 25.5 Å². The zero-order valence-corrected chi connectivity index (χ0v) is 10.1. The van der Waals surface area contributed by atoms with E-state index in [2.05, 4.69) is 30.8 Å². The molecule has 1 amide bonds. The first-order chi connectivity index (χ1) is 8.70. The highest BCUT2D eigenvalue weighted by Crippen LogP contribution is 2.09. The van der Waals surface area contributed by atoms with Crippen molar-refractivity contribution in [2.75, 3.05) is 12.4 Å². The fourth-order valence-corrected chi connectivity index (χ4v) is 1.48. The van der Waals surface area contributed by atoms with Gasteiger partial charge in [-0.3, -0.25) is 9.89 Å². The summed E-state index contributed by atoms with van der Waals surface area (Å²) in [6.45, 7) is 1.83. The summed E-state index contributed by atoms with van der Waals surface area (Å²) in [5, 5.41) is 12.2. The molecular weight excluding hydrogens is 232 g/mol. The van der Waals surface area contributed by atoms with Gasteiger partial charge >= 0.3 is 0 Å². The third-order valence-corrected chi connectivity index (χ3v) is 2.47. The van der Waals surface area contributed by atoms with Crippen LogP contribution < -0.4 is 10.6 Å². The molecule has 2 aromatic heterocycles. The number of nitrogens with one attached hydrogen (secondary N) is 3. The van der Waals surface area contributed by atoms with Gasteiger partial charge in [0.1, 0.15) is 18.0 Å². The van der Waals surface area contributed by atoms with Crippen LogP contribution in [0.4, 0.5) is 5.82 Å². The van der Waals surface area contributed by atoms with E-state index in [0.29, 0.717) is 17.2 Å². The predicted octanol–water partition coefficient (Wildman–Crippen LogP) is 0.732. The van der Waals surface area contributed by atoms with Crippen molar-refractivity contribution in [3.8, 4) is 0 Å². The highest BCUT2D eigenvalue weighted by atomic mass is 16.1. The van der Waals surface area contributed by atoms with Crippen molar-refractivity contribution in [2.24, 2.45) is 0 Å². The zero-order chi connectivity index (χ0) is 13.0. The van der Waals surface area contributed by atoms with E-state index in [1.54, 1.807) is 25.4 Å². The quantitative estimate of drug-likeness (QED) is 0.739. The Kier molecular flexibility index (Phi) is 3.52. The number of carbonyl (C=O) groups excluding carboxylic acids is 1. The molecule has 0 saturated carbocycles. The van der Waals surface area contributed by atoms with Crippen molar-refractivity contribution in [3.05, 3.63) is 36.0 Å². The van der Waals surface area contributed by atoms with Gasteiger partial charge in [-0.05, 0) is 19.1 Å². The van der Waals surface area contributed by atoms with Crippen molar-refractivity contribution < 1.29 is 4.79 Å². The molecule has 94 valence electrons. The second-order valence-electron chi connectivity index (χ2n) is 3.75. The van der Waals surface area contributed by atoms with E-state index in [4.69, 9.17) is 0 Å². The number of hydrogen-bond acceptors (Lipinski definition) is 5. The topological polar surface area (TPSA) is 95.6 Å². The van der Waals surface area contributed by atoms with Crippen LogP contribution in [0.15, 0.2) is 24.7 Å². The zero-order valence-electron chi connectivity index (χ0n) is 10.1. The van der Waals surface area contributed by atoms with Crippen LogP contribution in [0, 0.1) is 0 Å². The van der Waals surface area contributed by atoms with Crippen molar-refractivity contribution >= 4 is 11.7 Å². The van der Waals surface area contributed by atoms with Crippen molar-refractivity contribution in [3.63, 3.8) is 0 Å². The van der Waals surface area contributed by atoms with Crippen LogP contribution in [-0.4, -0.2) is 33.1 Å². The molecule has 7 heteroatoms. The molecule has 7 nitrogen and oxygen atoms in total. The Hall–Kier alpha value is -2.44. The number of carbonyl (C=O) groups is 1. The Balaban J connectivity index is 2.07. The molecule has 3 N–H and O–H groups in total. The Labute approximate surface area is 104 Å². The first-order valence-electron chi connectivity index (χ1n) is 5.50. The molecule has 0 saturated heterocycles. The molecule has 2 aromatic rings. The fourth-order valence-electron chi connectivity index (χ4n) is 1.48. The van der Waals surface area contributed by atoms with Crippen molar-refractivity contribution in [1.29, 1.82) is 0 Å². The van der Waals surface area contributed by atoms with Gasteiger partial charge in [-0.25, -0.2) is 9.97 Å². The maximum atomic E-state index is 12.0. The summed E-state index contributed by atoms with van der Waals surface area (Å²) in [5.41, 5.74) is 0.542. The summed E-state index contributed by atoms with van der Waals surface area (Å²) in [5.74, 6) is 1.08. The fraction of sp³-hybridized carbons (Fsp3) is 0.273. The lowest BCUT2D eigenvalue weighted by Gasteiger charge is -2.11. The van der Waals surface area contributed by atoms with Crippen LogP contribution in [0.1, 0.15) is 29.1 Å². The number of amides is 1. The molecule has 0 spiro atoms. The second kappa shape index (κ2) is 5.26. The van der Waals surface area contributed by atoms with Crippen LogP contribution in [-0.2, 0) is 0 Å². The smallest absolute Gasteiger partial charge is 0.252 e. The first-order valence-corrected chi connectivity index (χ1v) is 5.50. The van der Waals surface area contributed by atoms with Crippen molar-refractivity contribution in [2.45, 2.75) is 13.0 Å². The summed E-state index contributed by atoms with van der Waals surface area (Å²) in [4.78, 5) is 20.0. The van der Waals surface area contributed by atoms with Gasteiger partial charge in [0.2, 0.25) is 0 Å². The second-order valence-corrected chi connectivity index (χ2v) is 3.75. The van der Waals surface area contributed by atoms with E-state index < -0.39 is 0 Å². The number of aromatic nitrogens is 4. The number of H-pyrrole nitrogens is 1. The van der Waals surface area contributed by atoms with Crippen LogP contribution in [0.25, 0.3) is 0 Å². The third-order valence-electron chi connectivity index (χ3n) is 2.47. The Morgan fingerprint density at radius 1 is 1.44 bits per heavy atom. The lowest BCUT2D eigenvalue weighted by atomic mass is 10.2. The van der Waals surface area contributed by atoms with Gasteiger partial charge < -0.3 is 10.6 Å². The van der Waals surface area contributed by atoms with Gasteiger partial charge in [-0.1, -0.05) is 0 Å². The number of aromatic amines is 1. The standard InChI is InChI=1S/C11H14N6O/c1-7(10-14-6-15-17-10)16-11(18)8-3-4-13-9(5-8)12-2/h3-7H,1-2H3,(H,12,13)(H,16,18)(H,14,15,17). The number of hydrogen-bond donors (Lipinski definition) is 3. The molecule has 2 heterocycles. The number of pyridine rings is 1. The number of nitrogens with zero attached hydrogens (tertiary/aromatic N) is 3. The van der Waals surface area contributed by atoms with Crippen LogP contribution in [0.3, 0.4) is 0 Å². The van der Waals surface area contributed by atoms with Gasteiger partial charge in [-0.15, -0.1) is 0 Å². The van der Waals surface area contributed by atoms with E-state index in [-0.39, 0.29) is 11.9 Å². The highest BCUT2D eigenvalue weighted by Gasteiger charge is 2.13. The van der Waals surface area contributed by atoms with Gasteiger partial charge in [0, 0.05) is 18.8 Å². The molecule has 0 aliphatic carbocycles. The average molecular weight is 246 g/mol. The average Bonchev–Trinajstić information content (AvgIpc) is 2.92. The molecule has 1 atom stereocenters. The molecule has 1 unspecified atom stereocenters. The summed E-state index contributed by atoms with van der Waals surface area (Å²) in [6, 6.07) is 3.11. The van der Waals surface area contributed by atoms with Gasteiger partial charge in [0.15, 0.2) is 0 Å². The largest absolute Gasteiger partial charge is 0.373 e. The van der Waals surface area contributed by atoms with Crippen LogP contribution >= 0.6 is 0 Å². The molecule has 0 aromatic carbocycles. The van der Waals surface area contributed by atoms with E-state index >= 15 is 0 Å². The van der Waals surface area contributed by atoms with Gasteiger partial charge in [0.05, 0.1) is 6.04 Å². The Morgan fingerprint density at radius 3 is 2.94 bits per heavy atom. The first kappa shape index (κ1) is 12.0. The minimum atomic E-state index is -0.230. The summed E-state index contributed by atoms with van der Waals surface area (Å²) >= 11 is 0. The lowest BCUT2D eigenvalue weighted by Crippen LogP contribution is -2.27. The lowest BCUT2D eigenvalue weighted by molar-refractivity contribution is 0.0938. The summed E-state index contributed by atoms with van der Waals surface area (Å²) < 4.78 is 0. The van der Waals surface area contributed by atoms with E-state index in [1.807, 2.05) is 6.92 Å². The number of rotatable bonds is 4. The minimum Gasteiger partial charge on any atom is -0.373 e. The Morgan fingerprint density at radius 2 is 2.28 bits per heavy atom. The molecule has 0 aliphatic rings. The molecule has 0 fully saturated rings. The predicted molar refractivity (Wildman–Crippen MR) is 66.0 cm³/mol. The SMILES string of the molecule is CNc1cc(C(=O)NC(C)c2ncn[nH]2)ccn1. The minimum absolute atomic E-state index is 0.183. The molecule has 0 radical (unpaired) electrons. The van der Waals surface area contributed by atoms with E-state index in [9.17, 15) is 4.79 Å². The highest BCUT2D eigenvalue weighted by molar-refractivity contribution is 5.94. The molecular formula is C11H14N6O.